The summed E-state index contributed by atoms with van der Waals surface area (Å²) in [5, 5.41) is 16.1. The van der Waals surface area contributed by atoms with Crippen molar-refractivity contribution in [2.45, 2.75) is 0 Å². The predicted octanol–water partition coefficient (Wildman–Crippen LogP) is 0.883. The fourth-order valence-electron chi connectivity index (χ4n) is 0.669. The molecule has 3 nitrogen and oxygen atoms in total. The van der Waals surface area contributed by atoms with Crippen molar-refractivity contribution in [2.75, 3.05) is 0 Å². The van der Waals surface area contributed by atoms with Crippen LogP contribution in [0.5, 0.6) is 0 Å². The fourth-order valence-corrected chi connectivity index (χ4v) is 1.03. The average Bonchev–Trinajstić information content (AvgIpc) is 1.94. The Morgan fingerprint density at radius 3 is 2.45 bits per heavy atom. The number of hydrogen-bond donors (Lipinski definition) is 3. The molecule has 5 heteroatoms. The largest absolute Gasteiger partial charge is 0.233 e. The second-order valence-corrected chi connectivity index (χ2v) is 2.86. The van der Waals surface area contributed by atoms with E-state index in [1.54, 1.807) is 0 Å². The summed E-state index contributed by atoms with van der Waals surface area (Å²) in [5.41, 5.74) is -0.209. The highest BCUT2D eigenvalue weighted by Crippen LogP contribution is 2.16. The summed E-state index contributed by atoms with van der Waals surface area (Å²) in [6, 6.07) is 3.90. The van der Waals surface area contributed by atoms with Gasteiger partial charge >= 0.3 is 0 Å². The van der Waals surface area contributed by atoms with Crippen molar-refractivity contribution in [3.8, 4) is 0 Å². The fraction of sp³-hybridized carbons (Fsp3) is 0. The van der Waals surface area contributed by atoms with Gasteiger partial charge in [0.2, 0.25) is 5.69 Å². The van der Waals surface area contributed by atoms with E-state index in [0.29, 0.717) is 4.47 Å². The summed E-state index contributed by atoms with van der Waals surface area (Å²) in [6.07, 6.45) is 0. The second-order valence-electron chi connectivity index (χ2n) is 1.95. The van der Waals surface area contributed by atoms with E-state index in [9.17, 15) is 4.39 Å². The van der Waals surface area contributed by atoms with E-state index in [-0.39, 0.29) is 5.69 Å². The van der Waals surface area contributed by atoms with Gasteiger partial charge in [-0.25, -0.2) is 4.39 Å². The second kappa shape index (κ2) is 3.27. The van der Waals surface area contributed by atoms with Crippen molar-refractivity contribution < 1.29 is 20.0 Å². The molecule has 0 aliphatic carbocycles. The highest BCUT2D eigenvalue weighted by Gasteiger charge is 2.12. The first-order valence-electron chi connectivity index (χ1n) is 2.81. The highest BCUT2D eigenvalue weighted by molar-refractivity contribution is 9.10. The maximum Gasteiger partial charge on any atom is 0.233 e. The minimum Gasteiger partial charge on any atom is -0.200 e. The first-order chi connectivity index (χ1) is 5.11. The van der Waals surface area contributed by atoms with Crippen LogP contribution >= 0.6 is 15.9 Å². The van der Waals surface area contributed by atoms with E-state index in [4.69, 9.17) is 10.4 Å². The van der Waals surface area contributed by atoms with Gasteiger partial charge in [0.05, 0.1) is 0 Å². The Morgan fingerprint density at radius 1 is 1.36 bits per heavy atom. The Balaban J connectivity index is 3.13. The third-order valence-electron chi connectivity index (χ3n) is 1.17. The number of benzene rings is 1. The van der Waals surface area contributed by atoms with Crippen molar-refractivity contribution in [1.29, 1.82) is 0 Å². The molecule has 0 fully saturated rings. The lowest BCUT2D eigenvalue weighted by atomic mass is 10.3. The van der Waals surface area contributed by atoms with Gasteiger partial charge in [-0.2, -0.15) is 10.4 Å². The molecule has 0 amide bonds. The summed E-state index contributed by atoms with van der Waals surface area (Å²) in [7, 11) is 0. The summed E-state index contributed by atoms with van der Waals surface area (Å²) >= 11 is 3.06. The molecule has 60 valence electrons. The van der Waals surface area contributed by atoms with E-state index in [0.717, 1.165) is 6.07 Å². The van der Waals surface area contributed by atoms with Gasteiger partial charge in [0.1, 0.15) is 0 Å². The standard InChI is InChI=1S/C6H5BrFNO2/c7-4-1-2-5(8)6(3-4)9(10)11/h1-3,10-11H/p+1. The van der Waals surface area contributed by atoms with Gasteiger partial charge in [0.25, 0.3) is 0 Å². The van der Waals surface area contributed by atoms with E-state index < -0.39 is 11.0 Å². The van der Waals surface area contributed by atoms with Crippen molar-refractivity contribution in [2.24, 2.45) is 0 Å². The number of halogens is 2. The molecule has 0 radical (unpaired) electrons. The SMILES string of the molecule is O[NH+](O)c1cc(Br)ccc1F. The van der Waals surface area contributed by atoms with Crippen LogP contribution in [0.1, 0.15) is 0 Å². The van der Waals surface area contributed by atoms with Crippen molar-refractivity contribution in [3.63, 3.8) is 0 Å². The van der Waals surface area contributed by atoms with Gasteiger partial charge < -0.3 is 0 Å². The molecular weight excluding hydrogens is 217 g/mol. The van der Waals surface area contributed by atoms with Crippen LogP contribution in [-0.4, -0.2) is 10.4 Å². The molecule has 1 aromatic rings. The van der Waals surface area contributed by atoms with Crippen LogP contribution in [0.2, 0.25) is 0 Å². The van der Waals surface area contributed by atoms with E-state index in [2.05, 4.69) is 15.9 Å². The quantitative estimate of drug-likeness (QED) is 0.619. The van der Waals surface area contributed by atoms with Crippen molar-refractivity contribution >= 4 is 21.6 Å². The lowest BCUT2D eigenvalue weighted by Gasteiger charge is -2.01. The van der Waals surface area contributed by atoms with Gasteiger partial charge in [-0.3, -0.25) is 0 Å². The molecule has 0 spiro atoms. The summed E-state index contributed by atoms with van der Waals surface area (Å²) < 4.78 is 13.3. The molecule has 0 saturated carbocycles. The van der Waals surface area contributed by atoms with E-state index >= 15 is 0 Å². The minimum absolute atomic E-state index is 0.209. The van der Waals surface area contributed by atoms with Gasteiger partial charge in [-0.05, 0) is 17.4 Å². The molecule has 0 aliphatic heterocycles. The lowest BCUT2D eigenvalue weighted by Crippen LogP contribution is -3.02. The zero-order chi connectivity index (χ0) is 8.43. The molecule has 0 unspecified atom stereocenters. The molecule has 1 aromatic carbocycles. The Morgan fingerprint density at radius 2 is 2.00 bits per heavy atom. The molecule has 1 rings (SSSR count). The molecule has 0 atom stereocenters. The van der Waals surface area contributed by atoms with Crippen molar-refractivity contribution in [3.05, 3.63) is 28.5 Å². The van der Waals surface area contributed by atoms with Gasteiger partial charge in [0, 0.05) is 10.5 Å². The molecule has 0 heterocycles. The van der Waals surface area contributed by atoms with Crippen LogP contribution in [0, 0.1) is 5.82 Å². The van der Waals surface area contributed by atoms with Gasteiger partial charge in [0.15, 0.2) is 5.82 Å². The third-order valence-corrected chi connectivity index (χ3v) is 1.66. The summed E-state index contributed by atoms with van der Waals surface area (Å²) in [4.78, 5) is 0. The average molecular weight is 223 g/mol. The molecule has 0 bridgehead atoms. The Bertz CT molecular complexity index is 267. The zero-order valence-electron chi connectivity index (χ0n) is 5.38. The number of nitrogens with one attached hydrogen (secondary N) is 1. The number of hydrogen-bond acceptors (Lipinski definition) is 2. The van der Waals surface area contributed by atoms with E-state index in [1.165, 1.54) is 12.1 Å². The maximum absolute atomic E-state index is 12.7. The highest BCUT2D eigenvalue weighted by atomic mass is 79.9. The van der Waals surface area contributed by atoms with Crippen LogP contribution in [-0.2, 0) is 0 Å². The zero-order valence-corrected chi connectivity index (χ0v) is 6.97. The van der Waals surface area contributed by atoms with Crippen LogP contribution in [0.15, 0.2) is 22.7 Å². The summed E-state index contributed by atoms with van der Waals surface area (Å²) in [6.45, 7) is 0. The number of rotatable bonds is 1. The molecule has 0 aliphatic rings. The number of quaternary nitrogens is 1. The first-order valence-corrected chi connectivity index (χ1v) is 3.61. The Hall–Kier alpha value is -0.490. The minimum atomic E-state index is -1.01. The van der Waals surface area contributed by atoms with Crippen molar-refractivity contribution in [1.82, 2.24) is 0 Å². The molecule has 0 aromatic heterocycles. The molecule has 11 heavy (non-hydrogen) atoms. The molecule has 0 saturated heterocycles. The van der Waals surface area contributed by atoms with Crippen LogP contribution in [0.25, 0.3) is 0 Å². The van der Waals surface area contributed by atoms with E-state index in [1.807, 2.05) is 0 Å². The van der Waals surface area contributed by atoms with Gasteiger partial charge in [-0.15, -0.1) is 0 Å². The lowest BCUT2D eigenvalue weighted by molar-refractivity contribution is -1.19. The monoisotopic (exact) mass is 222 g/mol. The maximum atomic E-state index is 12.7. The van der Waals surface area contributed by atoms with Gasteiger partial charge in [-0.1, -0.05) is 15.9 Å². The summed E-state index contributed by atoms with van der Waals surface area (Å²) in [5.74, 6) is -0.659. The topological polar surface area (TPSA) is 44.9 Å². The smallest absolute Gasteiger partial charge is 0.200 e. The predicted molar refractivity (Wildman–Crippen MR) is 38.3 cm³/mol. The van der Waals surface area contributed by atoms with Crippen LogP contribution in [0.3, 0.4) is 0 Å². The first kappa shape index (κ1) is 8.61. The Labute approximate surface area is 70.7 Å². The van der Waals surface area contributed by atoms with Crippen LogP contribution in [0.4, 0.5) is 10.1 Å². The van der Waals surface area contributed by atoms with Crippen LogP contribution < -0.4 is 5.23 Å². The Kier molecular flexibility index (Phi) is 2.56. The third kappa shape index (κ3) is 1.97. The molecule has 3 N–H and O–H groups in total. The molecular formula is C6H6BrFNO2+. The normalized spacial score (nSPS) is 10.6.